The first-order valence-corrected chi connectivity index (χ1v) is 16.1. The molecule has 1 aliphatic carbocycles. The van der Waals surface area contributed by atoms with Gasteiger partial charge in [0.15, 0.2) is 5.78 Å². The van der Waals surface area contributed by atoms with Crippen LogP contribution in [0.3, 0.4) is 0 Å². The molecule has 1 unspecified atom stereocenters. The molecule has 2 N–H and O–H groups in total. The third-order valence-corrected chi connectivity index (χ3v) is 9.41. The van der Waals surface area contributed by atoms with Crippen LogP contribution in [0.4, 0.5) is 16.2 Å². The van der Waals surface area contributed by atoms with E-state index in [9.17, 15) is 14.0 Å². The molecule has 0 saturated heterocycles. The predicted molar refractivity (Wildman–Crippen MR) is 175 cm³/mol. The highest BCUT2D eigenvalue weighted by Gasteiger charge is 2.27. The van der Waals surface area contributed by atoms with Crippen LogP contribution in [-0.2, 0) is 4.79 Å². The number of para-hydroxylation sites is 1. The minimum absolute atomic E-state index is 0.0234. The summed E-state index contributed by atoms with van der Waals surface area (Å²) >= 11 is 4.81. The van der Waals surface area contributed by atoms with Crippen molar-refractivity contribution in [2.75, 3.05) is 30.9 Å². The number of aromatic nitrogens is 2. The number of rotatable bonds is 11. The summed E-state index contributed by atoms with van der Waals surface area (Å²) in [5.74, 6) is 1.12. The van der Waals surface area contributed by atoms with Crippen molar-refractivity contribution in [1.29, 1.82) is 0 Å². The lowest BCUT2D eigenvalue weighted by Crippen LogP contribution is -2.39. The summed E-state index contributed by atoms with van der Waals surface area (Å²) in [6.07, 6.45) is 3.86. The average Bonchev–Trinajstić information content (AvgIpc) is 3.01. The number of nitrogens with zero attached hydrogens (tertiary/aromatic N) is 3. The van der Waals surface area contributed by atoms with Crippen LogP contribution >= 0.6 is 27.7 Å². The fourth-order valence-corrected chi connectivity index (χ4v) is 6.62. The van der Waals surface area contributed by atoms with E-state index in [1.165, 1.54) is 36.0 Å². The predicted octanol–water partition coefficient (Wildman–Crippen LogP) is 7.12. The van der Waals surface area contributed by atoms with Crippen molar-refractivity contribution in [3.05, 3.63) is 88.6 Å². The van der Waals surface area contributed by atoms with E-state index < -0.39 is 11.1 Å². The minimum Gasteiger partial charge on any atom is -0.362 e. The summed E-state index contributed by atoms with van der Waals surface area (Å²) in [4.78, 5) is 38.8. The standard InChI is InChI=1S/C33H35BrFN5O2S/c1-40(2)31-27-5-3-4-6-28(27)38-33(39-31)37-25-15-7-21(8-16-25)20-36-32(42)30(43-26-17-11-23(34)12-18-26)19-29(41)22-9-13-24(35)14-10-22/h3-6,9-14,17-18,21,25,30H,7-8,15-16,19-20H2,1-2H3,(H,36,42)(H,37,38,39). The quantitative estimate of drug-likeness (QED) is 0.131. The zero-order valence-electron chi connectivity index (χ0n) is 24.2. The lowest BCUT2D eigenvalue weighted by atomic mass is 9.86. The Morgan fingerprint density at radius 3 is 2.37 bits per heavy atom. The molecule has 4 aromatic rings. The van der Waals surface area contributed by atoms with Crippen LogP contribution < -0.4 is 15.5 Å². The monoisotopic (exact) mass is 663 g/mol. The Labute approximate surface area is 264 Å². The zero-order chi connectivity index (χ0) is 30.3. The van der Waals surface area contributed by atoms with Gasteiger partial charge in [-0.25, -0.2) is 9.37 Å². The van der Waals surface area contributed by atoms with E-state index in [1.807, 2.05) is 67.5 Å². The topological polar surface area (TPSA) is 87.2 Å². The summed E-state index contributed by atoms with van der Waals surface area (Å²) in [6, 6.07) is 21.4. The second kappa shape index (κ2) is 14.3. The van der Waals surface area contributed by atoms with E-state index in [0.29, 0.717) is 24.0 Å². The summed E-state index contributed by atoms with van der Waals surface area (Å²) < 4.78 is 14.3. The maximum absolute atomic E-state index is 13.4. The molecule has 10 heteroatoms. The molecular weight excluding hydrogens is 629 g/mol. The number of fused-ring (bicyclic) bond motifs is 1. The molecule has 1 aliphatic rings. The summed E-state index contributed by atoms with van der Waals surface area (Å²) in [5, 5.41) is 7.08. The number of ketones is 1. The van der Waals surface area contributed by atoms with E-state index in [1.54, 1.807) is 0 Å². The number of halogens is 2. The SMILES string of the molecule is CN(C)c1nc(NC2CCC(CNC(=O)C(CC(=O)c3ccc(F)cc3)Sc3ccc(Br)cc3)CC2)nc2ccccc12. The Kier molecular flexibility index (Phi) is 10.3. The van der Waals surface area contributed by atoms with Crippen LogP contribution in [0.15, 0.2) is 82.2 Å². The van der Waals surface area contributed by atoms with Crippen molar-refractivity contribution >= 4 is 62.1 Å². The molecule has 7 nitrogen and oxygen atoms in total. The van der Waals surface area contributed by atoms with E-state index in [2.05, 4.69) is 26.6 Å². The molecular formula is C33H35BrFN5O2S. The Balaban J connectivity index is 1.17. The molecule has 224 valence electrons. The number of carbonyl (C=O) groups is 2. The van der Waals surface area contributed by atoms with E-state index in [0.717, 1.165) is 51.8 Å². The van der Waals surface area contributed by atoms with Crippen molar-refractivity contribution in [2.45, 2.75) is 48.3 Å². The highest BCUT2D eigenvalue weighted by Crippen LogP contribution is 2.30. The van der Waals surface area contributed by atoms with E-state index in [4.69, 9.17) is 9.97 Å². The van der Waals surface area contributed by atoms with Crippen LogP contribution in [0.1, 0.15) is 42.5 Å². The van der Waals surface area contributed by atoms with Gasteiger partial charge in [-0.1, -0.05) is 28.1 Å². The second-order valence-electron chi connectivity index (χ2n) is 11.1. The first-order valence-electron chi connectivity index (χ1n) is 14.4. The van der Waals surface area contributed by atoms with Gasteiger partial charge in [0.05, 0.1) is 10.8 Å². The summed E-state index contributed by atoms with van der Waals surface area (Å²) in [6.45, 7) is 0.560. The Morgan fingerprint density at radius 2 is 1.67 bits per heavy atom. The maximum Gasteiger partial charge on any atom is 0.233 e. The number of carbonyl (C=O) groups excluding carboxylic acids is 2. The number of benzene rings is 3. The van der Waals surface area contributed by atoms with Gasteiger partial charge in [0.2, 0.25) is 11.9 Å². The van der Waals surface area contributed by atoms with E-state index >= 15 is 0 Å². The van der Waals surface area contributed by atoms with Gasteiger partial charge in [-0.05, 0) is 92.3 Å². The van der Waals surface area contributed by atoms with Crippen molar-refractivity contribution in [1.82, 2.24) is 15.3 Å². The molecule has 1 fully saturated rings. The molecule has 0 spiro atoms. The van der Waals surface area contributed by atoms with Gasteiger partial charge >= 0.3 is 0 Å². The fourth-order valence-electron chi connectivity index (χ4n) is 5.30. The first-order chi connectivity index (χ1) is 20.7. The largest absolute Gasteiger partial charge is 0.362 e. The number of thioether (sulfide) groups is 1. The Morgan fingerprint density at radius 1 is 0.977 bits per heavy atom. The number of Topliss-reactive ketones (excluding diaryl/α,β-unsaturated/α-hetero) is 1. The van der Waals surface area contributed by atoms with E-state index in [-0.39, 0.29) is 24.2 Å². The number of hydrogen-bond donors (Lipinski definition) is 2. The maximum atomic E-state index is 13.4. The van der Waals surface area contributed by atoms with Crippen molar-refractivity contribution in [3.63, 3.8) is 0 Å². The second-order valence-corrected chi connectivity index (χ2v) is 13.3. The first kappa shape index (κ1) is 30.9. The molecule has 1 aromatic heterocycles. The molecule has 1 atom stereocenters. The molecule has 3 aromatic carbocycles. The van der Waals surface area contributed by atoms with Crippen molar-refractivity contribution < 1.29 is 14.0 Å². The van der Waals surface area contributed by atoms with Crippen LogP contribution in [0.2, 0.25) is 0 Å². The van der Waals surface area contributed by atoms with Gasteiger partial charge in [-0.2, -0.15) is 4.98 Å². The third kappa shape index (κ3) is 8.32. The molecule has 5 rings (SSSR count). The van der Waals surface area contributed by atoms with Crippen LogP contribution in [0.5, 0.6) is 0 Å². The third-order valence-electron chi connectivity index (χ3n) is 7.67. The van der Waals surface area contributed by atoms with Gasteiger partial charge in [-0.15, -0.1) is 11.8 Å². The van der Waals surface area contributed by atoms with Gasteiger partial charge in [0.25, 0.3) is 0 Å². The fraction of sp³-hybridized carbons (Fsp3) is 0.333. The molecule has 0 bridgehead atoms. The molecule has 1 amide bonds. The molecule has 0 radical (unpaired) electrons. The molecule has 0 aliphatic heterocycles. The van der Waals surface area contributed by atoms with Crippen molar-refractivity contribution in [2.24, 2.45) is 5.92 Å². The van der Waals surface area contributed by atoms with Gasteiger partial charge in [-0.3, -0.25) is 9.59 Å². The minimum atomic E-state index is -0.604. The van der Waals surface area contributed by atoms with Crippen LogP contribution in [0.25, 0.3) is 10.9 Å². The summed E-state index contributed by atoms with van der Waals surface area (Å²) in [5.41, 5.74) is 1.31. The lowest BCUT2D eigenvalue weighted by Gasteiger charge is -2.30. The molecule has 1 heterocycles. The Hall–Kier alpha value is -3.50. The smallest absolute Gasteiger partial charge is 0.233 e. The van der Waals surface area contributed by atoms with Crippen LogP contribution in [0, 0.1) is 11.7 Å². The zero-order valence-corrected chi connectivity index (χ0v) is 26.6. The van der Waals surface area contributed by atoms with Crippen molar-refractivity contribution in [3.8, 4) is 0 Å². The number of anilines is 2. The molecule has 43 heavy (non-hydrogen) atoms. The summed E-state index contributed by atoms with van der Waals surface area (Å²) in [7, 11) is 3.97. The van der Waals surface area contributed by atoms with Gasteiger partial charge in [0, 0.05) is 53.4 Å². The molecule has 1 saturated carbocycles. The Bertz CT molecular complexity index is 1560. The average molecular weight is 665 g/mol. The lowest BCUT2D eigenvalue weighted by molar-refractivity contribution is -0.120. The normalized spacial score (nSPS) is 17.3. The van der Waals surface area contributed by atoms with Crippen LogP contribution in [-0.4, -0.2) is 53.6 Å². The number of hydrogen-bond acceptors (Lipinski definition) is 7. The van der Waals surface area contributed by atoms with Gasteiger partial charge in [0.1, 0.15) is 11.6 Å². The number of nitrogens with one attached hydrogen (secondary N) is 2. The highest BCUT2D eigenvalue weighted by molar-refractivity contribution is 9.10. The van der Waals surface area contributed by atoms with Gasteiger partial charge < -0.3 is 15.5 Å². The number of amides is 1. The highest BCUT2D eigenvalue weighted by atomic mass is 79.9.